The zero-order valence-electron chi connectivity index (χ0n) is 11.0. The lowest BCUT2D eigenvalue weighted by Crippen LogP contribution is -2.23. The molecule has 0 spiro atoms. The molecule has 0 fully saturated rings. The Kier molecular flexibility index (Phi) is 5.01. The van der Waals surface area contributed by atoms with Gasteiger partial charge in [0.2, 0.25) is 0 Å². The third-order valence-electron chi connectivity index (χ3n) is 2.91. The van der Waals surface area contributed by atoms with E-state index in [0.717, 1.165) is 6.07 Å². The number of halogens is 3. The van der Waals surface area contributed by atoms with Crippen molar-refractivity contribution in [3.05, 3.63) is 39.4 Å². The molecule has 6 heteroatoms. The standard InChI is InChI=1S/C13H16BrF2NO2/c1-13(2,3)11(14)6-8-4-5-9(17(18)19)7-10(8)12(15)16/h4-5,7,11-12H,6H2,1-3H3. The highest BCUT2D eigenvalue weighted by atomic mass is 79.9. The van der Waals surface area contributed by atoms with E-state index in [-0.39, 0.29) is 21.5 Å². The fourth-order valence-electron chi connectivity index (χ4n) is 1.58. The Bertz CT molecular complexity index is 472. The Morgan fingerprint density at radius 1 is 1.37 bits per heavy atom. The molecule has 1 rings (SSSR count). The van der Waals surface area contributed by atoms with Gasteiger partial charge in [0.05, 0.1) is 4.92 Å². The summed E-state index contributed by atoms with van der Waals surface area (Å²) >= 11 is 3.49. The van der Waals surface area contributed by atoms with Crippen LogP contribution in [0.4, 0.5) is 14.5 Å². The van der Waals surface area contributed by atoms with Gasteiger partial charge in [-0.1, -0.05) is 42.8 Å². The largest absolute Gasteiger partial charge is 0.269 e. The van der Waals surface area contributed by atoms with Crippen molar-refractivity contribution in [1.29, 1.82) is 0 Å². The van der Waals surface area contributed by atoms with Crippen molar-refractivity contribution in [2.75, 3.05) is 0 Å². The van der Waals surface area contributed by atoms with Gasteiger partial charge in [-0.05, 0) is 17.4 Å². The number of hydrogen-bond donors (Lipinski definition) is 0. The first-order valence-corrected chi connectivity index (χ1v) is 6.74. The molecule has 1 unspecified atom stereocenters. The molecular formula is C13H16BrF2NO2. The molecule has 3 nitrogen and oxygen atoms in total. The summed E-state index contributed by atoms with van der Waals surface area (Å²) in [5.41, 5.74) is -0.206. The molecule has 19 heavy (non-hydrogen) atoms. The highest BCUT2D eigenvalue weighted by Crippen LogP contribution is 2.33. The maximum Gasteiger partial charge on any atom is 0.269 e. The van der Waals surface area contributed by atoms with Crippen LogP contribution in [0.2, 0.25) is 0 Å². The average Bonchev–Trinajstić information content (AvgIpc) is 2.27. The number of nitro groups is 1. The van der Waals surface area contributed by atoms with Crippen molar-refractivity contribution in [3.8, 4) is 0 Å². The number of non-ortho nitro benzene ring substituents is 1. The first-order chi connectivity index (χ1) is 8.62. The number of nitrogens with zero attached hydrogens (tertiary/aromatic N) is 1. The Morgan fingerprint density at radius 2 is 1.95 bits per heavy atom. The lowest BCUT2D eigenvalue weighted by molar-refractivity contribution is -0.385. The summed E-state index contributed by atoms with van der Waals surface area (Å²) in [5.74, 6) is 0. The van der Waals surface area contributed by atoms with Gasteiger partial charge in [0.1, 0.15) is 0 Å². The van der Waals surface area contributed by atoms with Crippen molar-refractivity contribution in [1.82, 2.24) is 0 Å². The fraction of sp³-hybridized carbons (Fsp3) is 0.538. The molecule has 0 aliphatic carbocycles. The number of nitro benzene ring substituents is 1. The average molecular weight is 336 g/mol. The zero-order chi connectivity index (χ0) is 14.8. The predicted octanol–water partition coefficient (Wildman–Crippen LogP) is 4.88. The highest BCUT2D eigenvalue weighted by molar-refractivity contribution is 9.09. The molecule has 1 aromatic carbocycles. The summed E-state index contributed by atoms with van der Waals surface area (Å²) in [6.07, 6.45) is -2.31. The molecule has 0 saturated heterocycles. The molecule has 0 radical (unpaired) electrons. The normalized spacial score (nSPS) is 13.6. The lowest BCUT2D eigenvalue weighted by atomic mass is 9.87. The summed E-state index contributed by atoms with van der Waals surface area (Å²) in [4.78, 5) is 9.97. The second kappa shape index (κ2) is 5.94. The van der Waals surface area contributed by atoms with Crippen molar-refractivity contribution in [3.63, 3.8) is 0 Å². The maximum atomic E-state index is 13.0. The van der Waals surface area contributed by atoms with Crippen LogP contribution in [0.3, 0.4) is 0 Å². The van der Waals surface area contributed by atoms with Gasteiger partial charge in [0.15, 0.2) is 0 Å². The van der Waals surface area contributed by atoms with Crippen LogP contribution in [0.1, 0.15) is 38.3 Å². The van der Waals surface area contributed by atoms with Gasteiger partial charge in [-0.25, -0.2) is 8.78 Å². The van der Waals surface area contributed by atoms with Crippen LogP contribution in [-0.2, 0) is 6.42 Å². The molecule has 0 saturated carbocycles. The van der Waals surface area contributed by atoms with Crippen LogP contribution in [0.5, 0.6) is 0 Å². The minimum Gasteiger partial charge on any atom is -0.258 e. The van der Waals surface area contributed by atoms with Crippen molar-refractivity contribution in [2.24, 2.45) is 5.41 Å². The quantitative estimate of drug-likeness (QED) is 0.447. The van der Waals surface area contributed by atoms with E-state index in [9.17, 15) is 18.9 Å². The second-order valence-corrected chi connectivity index (χ2v) is 6.58. The number of rotatable bonds is 4. The summed E-state index contributed by atoms with van der Waals surface area (Å²) in [5, 5.41) is 10.6. The van der Waals surface area contributed by atoms with Crippen LogP contribution in [0.25, 0.3) is 0 Å². The molecular weight excluding hydrogens is 320 g/mol. The topological polar surface area (TPSA) is 43.1 Å². The third kappa shape index (κ3) is 4.23. The molecule has 0 amide bonds. The molecule has 0 aliphatic rings. The minimum absolute atomic E-state index is 0.0129. The maximum absolute atomic E-state index is 13.0. The monoisotopic (exact) mass is 335 g/mol. The van der Waals surface area contributed by atoms with E-state index in [1.807, 2.05) is 20.8 Å². The first kappa shape index (κ1) is 16.0. The molecule has 106 valence electrons. The Labute approximate surface area is 119 Å². The van der Waals surface area contributed by atoms with Crippen LogP contribution in [0.15, 0.2) is 18.2 Å². The van der Waals surface area contributed by atoms with Crippen molar-refractivity contribution >= 4 is 21.6 Å². The van der Waals surface area contributed by atoms with E-state index < -0.39 is 11.3 Å². The van der Waals surface area contributed by atoms with Crippen LogP contribution in [-0.4, -0.2) is 9.75 Å². The third-order valence-corrected chi connectivity index (χ3v) is 4.61. The molecule has 1 aromatic rings. The van der Waals surface area contributed by atoms with Crippen LogP contribution >= 0.6 is 15.9 Å². The summed E-state index contributed by atoms with van der Waals surface area (Å²) in [7, 11) is 0. The smallest absolute Gasteiger partial charge is 0.258 e. The zero-order valence-corrected chi connectivity index (χ0v) is 12.6. The number of alkyl halides is 3. The van der Waals surface area contributed by atoms with Crippen molar-refractivity contribution in [2.45, 2.75) is 38.4 Å². The van der Waals surface area contributed by atoms with Gasteiger partial charge in [-0.15, -0.1) is 0 Å². The molecule has 0 heterocycles. The molecule has 0 N–H and O–H groups in total. The highest BCUT2D eigenvalue weighted by Gasteiger charge is 2.25. The summed E-state index contributed by atoms with van der Waals surface area (Å²) in [6, 6.07) is 3.64. The SMILES string of the molecule is CC(C)(C)C(Br)Cc1ccc([N+](=O)[O-])cc1C(F)F. The van der Waals surface area contributed by atoms with E-state index >= 15 is 0 Å². The van der Waals surface area contributed by atoms with Gasteiger partial charge >= 0.3 is 0 Å². The van der Waals surface area contributed by atoms with Gasteiger partial charge in [0, 0.05) is 22.5 Å². The number of hydrogen-bond acceptors (Lipinski definition) is 2. The molecule has 0 aliphatic heterocycles. The molecule has 1 atom stereocenters. The van der Waals surface area contributed by atoms with E-state index in [2.05, 4.69) is 15.9 Å². The lowest BCUT2D eigenvalue weighted by Gasteiger charge is -2.26. The molecule has 0 aromatic heterocycles. The minimum atomic E-state index is -2.71. The predicted molar refractivity (Wildman–Crippen MR) is 73.9 cm³/mol. The van der Waals surface area contributed by atoms with Crippen molar-refractivity contribution < 1.29 is 13.7 Å². The van der Waals surface area contributed by atoms with Gasteiger partial charge in [-0.2, -0.15) is 0 Å². The summed E-state index contributed by atoms with van der Waals surface area (Å²) in [6.45, 7) is 6.00. The van der Waals surface area contributed by atoms with E-state index in [0.29, 0.717) is 12.0 Å². The first-order valence-electron chi connectivity index (χ1n) is 5.82. The van der Waals surface area contributed by atoms with Gasteiger partial charge in [-0.3, -0.25) is 10.1 Å². The number of benzene rings is 1. The van der Waals surface area contributed by atoms with Gasteiger partial charge < -0.3 is 0 Å². The van der Waals surface area contributed by atoms with E-state index in [1.54, 1.807) is 0 Å². The Morgan fingerprint density at radius 3 is 2.37 bits per heavy atom. The van der Waals surface area contributed by atoms with Crippen LogP contribution in [0, 0.1) is 15.5 Å². The fourth-order valence-corrected chi connectivity index (χ4v) is 1.93. The van der Waals surface area contributed by atoms with E-state index in [1.165, 1.54) is 12.1 Å². The summed E-state index contributed by atoms with van der Waals surface area (Å²) < 4.78 is 26.0. The van der Waals surface area contributed by atoms with E-state index in [4.69, 9.17) is 0 Å². The second-order valence-electron chi connectivity index (χ2n) is 5.48. The Hall–Kier alpha value is -1.04. The molecule has 0 bridgehead atoms. The van der Waals surface area contributed by atoms with Crippen LogP contribution < -0.4 is 0 Å². The van der Waals surface area contributed by atoms with Gasteiger partial charge in [0.25, 0.3) is 12.1 Å². The Balaban J connectivity index is 3.11.